The number of nitrogens with one attached hydrogen (secondary N) is 1. The van der Waals surface area contributed by atoms with Crippen LogP contribution >= 0.6 is 11.8 Å². The van der Waals surface area contributed by atoms with Crippen molar-refractivity contribution >= 4 is 28.7 Å². The molecule has 0 saturated heterocycles. The van der Waals surface area contributed by atoms with Crippen LogP contribution in [0.2, 0.25) is 0 Å². The molecule has 0 fully saturated rings. The van der Waals surface area contributed by atoms with Crippen LogP contribution < -0.4 is 4.90 Å². The molecular formula is C7H10N6S. The average Bonchev–Trinajstić information content (AvgIpc) is 2.63. The lowest BCUT2D eigenvalue weighted by Crippen LogP contribution is -2.12. The van der Waals surface area contributed by atoms with E-state index in [1.54, 1.807) is 0 Å². The van der Waals surface area contributed by atoms with E-state index in [-0.39, 0.29) is 0 Å². The summed E-state index contributed by atoms with van der Waals surface area (Å²) in [6, 6.07) is 0. The number of aromatic nitrogens is 5. The first kappa shape index (κ1) is 9.20. The van der Waals surface area contributed by atoms with Gasteiger partial charge in [0.05, 0.1) is 0 Å². The standard InChI is InChI=1S/C7H10N6S/c1-13(2)6-4-5(11-12-10-4)8-7(9-6)14-3/h1-3H3,(H,8,9,10,11,12). The minimum atomic E-state index is 0.605. The second kappa shape index (κ2) is 3.41. The number of rotatable bonds is 2. The van der Waals surface area contributed by atoms with E-state index in [0.29, 0.717) is 16.3 Å². The fourth-order valence-corrected chi connectivity index (χ4v) is 1.47. The smallest absolute Gasteiger partial charge is 0.207 e. The Kier molecular flexibility index (Phi) is 2.24. The second-order valence-electron chi connectivity index (χ2n) is 2.92. The van der Waals surface area contributed by atoms with Gasteiger partial charge in [-0.1, -0.05) is 11.8 Å². The van der Waals surface area contributed by atoms with Gasteiger partial charge in [0.25, 0.3) is 0 Å². The van der Waals surface area contributed by atoms with Gasteiger partial charge in [0, 0.05) is 14.1 Å². The lowest BCUT2D eigenvalue weighted by Gasteiger charge is -2.11. The van der Waals surface area contributed by atoms with Crippen molar-refractivity contribution in [2.75, 3.05) is 25.3 Å². The third kappa shape index (κ3) is 1.39. The lowest BCUT2D eigenvalue weighted by molar-refractivity contribution is 0.943. The quantitative estimate of drug-likeness (QED) is 0.576. The highest BCUT2D eigenvalue weighted by Gasteiger charge is 2.11. The molecule has 0 unspecified atom stereocenters. The topological polar surface area (TPSA) is 70.6 Å². The Balaban J connectivity index is 2.70. The highest BCUT2D eigenvalue weighted by molar-refractivity contribution is 7.98. The van der Waals surface area contributed by atoms with Crippen LogP contribution in [-0.4, -0.2) is 45.7 Å². The molecule has 0 aliphatic heterocycles. The van der Waals surface area contributed by atoms with Crippen molar-refractivity contribution in [2.45, 2.75) is 5.16 Å². The van der Waals surface area contributed by atoms with Crippen molar-refractivity contribution in [3.63, 3.8) is 0 Å². The van der Waals surface area contributed by atoms with Crippen molar-refractivity contribution < 1.29 is 0 Å². The summed E-state index contributed by atoms with van der Waals surface area (Å²) in [5.74, 6) is 0.785. The van der Waals surface area contributed by atoms with E-state index >= 15 is 0 Å². The maximum atomic E-state index is 4.35. The minimum Gasteiger partial charge on any atom is -0.361 e. The van der Waals surface area contributed by atoms with Crippen LogP contribution in [0.1, 0.15) is 0 Å². The summed E-state index contributed by atoms with van der Waals surface area (Å²) in [7, 11) is 3.83. The van der Waals surface area contributed by atoms with Crippen molar-refractivity contribution in [1.29, 1.82) is 0 Å². The van der Waals surface area contributed by atoms with Gasteiger partial charge >= 0.3 is 0 Å². The Morgan fingerprint density at radius 1 is 1.21 bits per heavy atom. The third-order valence-electron chi connectivity index (χ3n) is 1.75. The molecule has 0 aromatic carbocycles. The van der Waals surface area contributed by atoms with E-state index in [9.17, 15) is 0 Å². The van der Waals surface area contributed by atoms with Crippen LogP contribution in [0.3, 0.4) is 0 Å². The number of H-pyrrole nitrogens is 1. The van der Waals surface area contributed by atoms with E-state index in [0.717, 1.165) is 5.82 Å². The molecule has 2 aromatic rings. The van der Waals surface area contributed by atoms with Gasteiger partial charge in [-0.2, -0.15) is 15.3 Å². The van der Waals surface area contributed by atoms with Crippen LogP contribution in [0.25, 0.3) is 11.2 Å². The van der Waals surface area contributed by atoms with Gasteiger partial charge in [-0.3, -0.25) is 0 Å². The van der Waals surface area contributed by atoms with E-state index in [1.165, 1.54) is 11.8 Å². The Labute approximate surface area is 85.1 Å². The molecule has 2 heterocycles. The van der Waals surface area contributed by atoms with E-state index < -0.39 is 0 Å². The Hall–Kier alpha value is -1.37. The van der Waals surface area contributed by atoms with Gasteiger partial charge < -0.3 is 4.90 Å². The summed E-state index contributed by atoms with van der Waals surface area (Å²) in [5.41, 5.74) is 1.31. The minimum absolute atomic E-state index is 0.605. The Bertz CT molecular complexity index is 450. The summed E-state index contributed by atoms with van der Waals surface area (Å²) in [4.78, 5) is 10.5. The molecule has 0 saturated carbocycles. The van der Waals surface area contributed by atoms with Crippen LogP contribution in [0.4, 0.5) is 5.82 Å². The van der Waals surface area contributed by atoms with E-state index in [1.807, 2.05) is 25.3 Å². The van der Waals surface area contributed by atoms with Crippen LogP contribution in [-0.2, 0) is 0 Å². The zero-order chi connectivity index (χ0) is 10.1. The number of anilines is 1. The van der Waals surface area contributed by atoms with Crippen molar-refractivity contribution in [2.24, 2.45) is 0 Å². The molecule has 0 amide bonds. The summed E-state index contributed by atoms with van der Waals surface area (Å²) >= 11 is 1.49. The monoisotopic (exact) mass is 210 g/mol. The van der Waals surface area contributed by atoms with Gasteiger partial charge in [-0.05, 0) is 6.26 Å². The molecule has 2 aromatic heterocycles. The molecule has 0 spiro atoms. The largest absolute Gasteiger partial charge is 0.361 e. The molecule has 6 nitrogen and oxygen atoms in total. The van der Waals surface area contributed by atoms with Gasteiger partial charge in [-0.15, -0.1) is 5.10 Å². The first-order valence-electron chi connectivity index (χ1n) is 4.02. The highest BCUT2D eigenvalue weighted by atomic mass is 32.2. The molecule has 14 heavy (non-hydrogen) atoms. The summed E-state index contributed by atoms with van der Waals surface area (Å²) < 4.78 is 0. The molecule has 0 aliphatic carbocycles. The fraction of sp³-hybridized carbons (Fsp3) is 0.429. The number of hydrogen-bond donors (Lipinski definition) is 1. The average molecular weight is 210 g/mol. The normalized spacial score (nSPS) is 10.8. The maximum Gasteiger partial charge on any atom is 0.207 e. The molecule has 2 rings (SSSR count). The third-order valence-corrected chi connectivity index (χ3v) is 2.30. The zero-order valence-corrected chi connectivity index (χ0v) is 8.96. The number of nitrogens with zero attached hydrogens (tertiary/aromatic N) is 5. The molecular weight excluding hydrogens is 200 g/mol. The summed E-state index contributed by atoms with van der Waals surface area (Å²) in [6.45, 7) is 0. The van der Waals surface area contributed by atoms with E-state index in [2.05, 4.69) is 25.4 Å². The molecule has 1 N–H and O–H groups in total. The van der Waals surface area contributed by atoms with Crippen LogP contribution in [0, 0.1) is 0 Å². The van der Waals surface area contributed by atoms with Gasteiger partial charge in [-0.25, -0.2) is 4.98 Å². The lowest BCUT2D eigenvalue weighted by atomic mass is 10.5. The highest BCUT2D eigenvalue weighted by Crippen LogP contribution is 2.21. The van der Waals surface area contributed by atoms with Gasteiger partial charge in [0.15, 0.2) is 16.5 Å². The first-order valence-corrected chi connectivity index (χ1v) is 5.24. The predicted octanol–water partition coefficient (Wildman–Crippen LogP) is 0.536. The predicted molar refractivity (Wildman–Crippen MR) is 55.6 cm³/mol. The first-order chi connectivity index (χ1) is 6.72. The fourth-order valence-electron chi connectivity index (χ4n) is 1.12. The SMILES string of the molecule is CSc1nc(N(C)C)c2n[nH]nc2n1. The van der Waals surface area contributed by atoms with Gasteiger partial charge in [0.2, 0.25) is 5.65 Å². The maximum absolute atomic E-state index is 4.35. The molecule has 0 bridgehead atoms. The number of aromatic amines is 1. The van der Waals surface area contributed by atoms with Crippen LogP contribution in [0.15, 0.2) is 5.16 Å². The van der Waals surface area contributed by atoms with E-state index in [4.69, 9.17) is 0 Å². The molecule has 7 heteroatoms. The Morgan fingerprint density at radius 2 is 2.00 bits per heavy atom. The number of hydrogen-bond acceptors (Lipinski definition) is 6. The number of thioether (sulfide) groups is 1. The summed E-state index contributed by atoms with van der Waals surface area (Å²) in [5, 5.41) is 11.2. The van der Waals surface area contributed by atoms with Crippen molar-refractivity contribution in [3.05, 3.63) is 0 Å². The second-order valence-corrected chi connectivity index (χ2v) is 3.70. The molecule has 0 atom stereocenters. The Morgan fingerprint density at radius 3 is 2.64 bits per heavy atom. The van der Waals surface area contributed by atoms with Gasteiger partial charge in [0.1, 0.15) is 0 Å². The molecule has 0 radical (unpaired) electrons. The molecule has 74 valence electrons. The summed E-state index contributed by atoms with van der Waals surface area (Å²) in [6.07, 6.45) is 1.93. The van der Waals surface area contributed by atoms with Crippen LogP contribution in [0.5, 0.6) is 0 Å². The number of fused-ring (bicyclic) bond motifs is 1. The van der Waals surface area contributed by atoms with Crippen molar-refractivity contribution in [3.8, 4) is 0 Å². The van der Waals surface area contributed by atoms with Crippen molar-refractivity contribution in [1.82, 2.24) is 25.4 Å². The molecule has 0 aliphatic rings. The zero-order valence-electron chi connectivity index (χ0n) is 8.14.